The first-order chi connectivity index (χ1) is 10.1. The Balaban J connectivity index is 2.10. The molecule has 1 heterocycles. The predicted octanol–water partition coefficient (Wildman–Crippen LogP) is 1.66. The molecular formula is C15H16N2O4. The second-order valence-corrected chi connectivity index (χ2v) is 4.53. The third-order valence-electron chi connectivity index (χ3n) is 3.06. The van der Waals surface area contributed by atoms with Crippen LogP contribution >= 0.6 is 0 Å². The van der Waals surface area contributed by atoms with E-state index in [0.29, 0.717) is 12.2 Å². The normalized spacial score (nSPS) is 11.9. The predicted molar refractivity (Wildman–Crippen MR) is 74.9 cm³/mol. The number of amides is 1. The summed E-state index contributed by atoms with van der Waals surface area (Å²) in [7, 11) is 0. The van der Waals surface area contributed by atoms with Gasteiger partial charge in [0.05, 0.1) is 0 Å². The first kappa shape index (κ1) is 14.8. The Kier molecular flexibility index (Phi) is 4.71. The van der Waals surface area contributed by atoms with E-state index in [1.54, 1.807) is 0 Å². The van der Waals surface area contributed by atoms with Crippen molar-refractivity contribution in [2.45, 2.75) is 25.8 Å². The van der Waals surface area contributed by atoms with Crippen LogP contribution in [0.15, 0.2) is 41.1 Å². The monoisotopic (exact) mass is 288 g/mol. The van der Waals surface area contributed by atoms with Crippen molar-refractivity contribution in [1.82, 2.24) is 10.3 Å². The number of carboxylic acids is 1. The molecule has 2 rings (SSSR count). The van der Waals surface area contributed by atoms with Crippen LogP contribution in [0.1, 0.15) is 28.7 Å². The van der Waals surface area contributed by atoms with Crippen LogP contribution in [0.3, 0.4) is 0 Å². The van der Waals surface area contributed by atoms with E-state index in [4.69, 9.17) is 4.42 Å². The van der Waals surface area contributed by atoms with Crippen LogP contribution in [0.25, 0.3) is 0 Å². The van der Waals surface area contributed by atoms with Crippen molar-refractivity contribution in [3.8, 4) is 0 Å². The molecule has 0 unspecified atom stereocenters. The van der Waals surface area contributed by atoms with Gasteiger partial charge in [0.1, 0.15) is 11.8 Å². The summed E-state index contributed by atoms with van der Waals surface area (Å²) >= 11 is 0. The van der Waals surface area contributed by atoms with Crippen LogP contribution < -0.4 is 5.32 Å². The summed E-state index contributed by atoms with van der Waals surface area (Å²) < 4.78 is 5.08. The first-order valence-electron chi connectivity index (χ1n) is 6.61. The average molecular weight is 288 g/mol. The Hall–Kier alpha value is -2.63. The number of oxazole rings is 1. The quantitative estimate of drug-likeness (QED) is 0.843. The van der Waals surface area contributed by atoms with E-state index < -0.39 is 17.9 Å². The topological polar surface area (TPSA) is 92.4 Å². The van der Waals surface area contributed by atoms with Gasteiger partial charge in [-0.2, -0.15) is 0 Å². The zero-order valence-corrected chi connectivity index (χ0v) is 11.6. The number of aryl methyl sites for hydroxylation is 1. The molecule has 0 bridgehead atoms. The van der Waals surface area contributed by atoms with Crippen LogP contribution in [-0.2, 0) is 17.6 Å². The smallest absolute Gasteiger partial charge is 0.326 e. The highest BCUT2D eigenvalue weighted by atomic mass is 16.4. The molecule has 0 spiro atoms. The maximum Gasteiger partial charge on any atom is 0.326 e. The molecule has 2 aromatic rings. The minimum Gasteiger partial charge on any atom is -0.480 e. The highest BCUT2D eigenvalue weighted by Gasteiger charge is 2.24. The number of nitrogens with zero attached hydrogens (tertiary/aromatic N) is 1. The number of hydrogen-bond donors (Lipinski definition) is 2. The molecule has 0 radical (unpaired) electrons. The fourth-order valence-electron chi connectivity index (χ4n) is 1.98. The third kappa shape index (κ3) is 3.68. The summed E-state index contributed by atoms with van der Waals surface area (Å²) in [6.45, 7) is 1.83. The fourth-order valence-corrected chi connectivity index (χ4v) is 1.98. The molecule has 0 fully saturated rings. The number of carbonyl (C=O) groups excluding carboxylic acids is 1. The zero-order chi connectivity index (χ0) is 15.2. The zero-order valence-electron chi connectivity index (χ0n) is 11.6. The van der Waals surface area contributed by atoms with Crippen LogP contribution in [0, 0.1) is 0 Å². The van der Waals surface area contributed by atoms with E-state index in [1.807, 2.05) is 37.3 Å². The summed E-state index contributed by atoms with van der Waals surface area (Å²) in [6, 6.07) is 8.11. The molecule has 1 aromatic carbocycles. The lowest BCUT2D eigenvalue weighted by atomic mass is 10.1. The van der Waals surface area contributed by atoms with E-state index in [1.165, 1.54) is 6.39 Å². The van der Waals surface area contributed by atoms with E-state index in [2.05, 4.69) is 10.3 Å². The van der Waals surface area contributed by atoms with Crippen molar-refractivity contribution in [2.75, 3.05) is 0 Å². The minimum absolute atomic E-state index is 0.136. The average Bonchev–Trinajstić information content (AvgIpc) is 2.96. The van der Waals surface area contributed by atoms with Crippen molar-refractivity contribution >= 4 is 11.9 Å². The van der Waals surface area contributed by atoms with Gasteiger partial charge in [0, 0.05) is 12.8 Å². The number of carbonyl (C=O) groups is 2. The molecule has 0 aliphatic carbocycles. The fraction of sp³-hybridized carbons (Fsp3) is 0.267. The molecule has 2 N–H and O–H groups in total. The first-order valence-corrected chi connectivity index (χ1v) is 6.61. The Labute approximate surface area is 121 Å². The number of carboxylic acid groups (broad SMARTS) is 1. The van der Waals surface area contributed by atoms with Gasteiger partial charge in [-0.3, -0.25) is 4.79 Å². The molecule has 1 atom stereocenters. The Bertz CT molecular complexity index is 622. The highest BCUT2D eigenvalue weighted by molar-refractivity contribution is 5.95. The Morgan fingerprint density at radius 1 is 1.33 bits per heavy atom. The number of nitrogens with one attached hydrogen (secondary N) is 1. The summed E-state index contributed by atoms with van der Waals surface area (Å²) in [6.07, 6.45) is 1.90. The van der Waals surface area contributed by atoms with Crippen molar-refractivity contribution in [2.24, 2.45) is 0 Å². The molecule has 110 valence electrons. The van der Waals surface area contributed by atoms with Gasteiger partial charge in [-0.1, -0.05) is 37.3 Å². The maximum atomic E-state index is 12.1. The van der Waals surface area contributed by atoms with Gasteiger partial charge < -0.3 is 14.8 Å². The van der Waals surface area contributed by atoms with E-state index in [9.17, 15) is 14.7 Å². The van der Waals surface area contributed by atoms with Gasteiger partial charge >= 0.3 is 5.97 Å². The molecule has 0 aliphatic heterocycles. The molecule has 6 heteroatoms. The molecule has 0 saturated carbocycles. The van der Waals surface area contributed by atoms with Crippen molar-refractivity contribution in [3.63, 3.8) is 0 Å². The Morgan fingerprint density at radius 2 is 2.05 bits per heavy atom. The molecule has 21 heavy (non-hydrogen) atoms. The van der Waals surface area contributed by atoms with E-state index >= 15 is 0 Å². The second-order valence-electron chi connectivity index (χ2n) is 4.53. The standard InChI is InChI=1S/C15H16N2O4/c1-2-12-13(16-9-21-12)14(18)17-11(15(19)20)8-10-6-4-3-5-7-10/h3-7,9,11H,2,8H2,1H3,(H,17,18)(H,19,20)/t11-/m1/s1. The van der Waals surface area contributed by atoms with Crippen molar-refractivity contribution in [1.29, 1.82) is 0 Å². The number of benzene rings is 1. The number of hydrogen-bond acceptors (Lipinski definition) is 4. The van der Waals surface area contributed by atoms with Gasteiger partial charge in [0.25, 0.3) is 5.91 Å². The lowest BCUT2D eigenvalue weighted by molar-refractivity contribution is -0.139. The van der Waals surface area contributed by atoms with E-state index in [-0.39, 0.29) is 12.1 Å². The summed E-state index contributed by atoms with van der Waals surface area (Å²) in [5.41, 5.74) is 0.970. The molecule has 1 amide bonds. The lowest BCUT2D eigenvalue weighted by Crippen LogP contribution is -2.42. The molecule has 6 nitrogen and oxygen atoms in total. The number of aromatic nitrogens is 1. The van der Waals surface area contributed by atoms with Gasteiger partial charge in [-0.05, 0) is 5.56 Å². The van der Waals surface area contributed by atoms with Gasteiger partial charge in [-0.15, -0.1) is 0 Å². The van der Waals surface area contributed by atoms with Gasteiger partial charge in [0.2, 0.25) is 0 Å². The van der Waals surface area contributed by atoms with Gasteiger partial charge in [0.15, 0.2) is 12.1 Å². The molecule has 1 aromatic heterocycles. The summed E-state index contributed by atoms with van der Waals surface area (Å²) in [4.78, 5) is 27.2. The van der Waals surface area contributed by atoms with Crippen LogP contribution in [0.2, 0.25) is 0 Å². The van der Waals surface area contributed by atoms with Crippen LogP contribution in [0.4, 0.5) is 0 Å². The largest absolute Gasteiger partial charge is 0.480 e. The van der Waals surface area contributed by atoms with Crippen LogP contribution in [0.5, 0.6) is 0 Å². The van der Waals surface area contributed by atoms with Crippen molar-refractivity contribution in [3.05, 3.63) is 53.7 Å². The maximum absolute atomic E-state index is 12.1. The second kappa shape index (κ2) is 6.69. The summed E-state index contributed by atoms with van der Waals surface area (Å²) in [5, 5.41) is 11.7. The van der Waals surface area contributed by atoms with Crippen LogP contribution in [-0.4, -0.2) is 28.0 Å². The SMILES string of the molecule is CCc1ocnc1C(=O)N[C@H](Cc1ccccc1)C(=O)O. The third-order valence-corrected chi connectivity index (χ3v) is 3.06. The number of aliphatic carboxylic acids is 1. The highest BCUT2D eigenvalue weighted by Crippen LogP contribution is 2.09. The lowest BCUT2D eigenvalue weighted by Gasteiger charge is -2.14. The van der Waals surface area contributed by atoms with E-state index in [0.717, 1.165) is 5.56 Å². The summed E-state index contributed by atoms with van der Waals surface area (Å²) in [5.74, 6) is -1.19. The van der Waals surface area contributed by atoms with Crippen molar-refractivity contribution < 1.29 is 19.1 Å². The molecule has 0 aliphatic rings. The van der Waals surface area contributed by atoms with Gasteiger partial charge in [-0.25, -0.2) is 9.78 Å². The molecule has 0 saturated heterocycles. The molecular weight excluding hydrogens is 272 g/mol. The Morgan fingerprint density at radius 3 is 2.67 bits per heavy atom. The number of rotatable bonds is 6. The minimum atomic E-state index is -1.09.